The van der Waals surface area contributed by atoms with Crippen molar-refractivity contribution in [2.24, 2.45) is 0 Å². The average Bonchev–Trinajstić information content (AvgIpc) is 3.42. The van der Waals surface area contributed by atoms with Crippen molar-refractivity contribution >= 4 is 17.9 Å². The van der Waals surface area contributed by atoms with Crippen molar-refractivity contribution in [1.82, 2.24) is 0 Å². The quantitative estimate of drug-likeness (QED) is 0.0261. The van der Waals surface area contributed by atoms with Crippen LogP contribution in [0.1, 0.15) is 335 Å². The fraction of sp³-hybridized carbons (Fsp3) is 0.786. The molecule has 0 aliphatic heterocycles. The second-order valence-corrected chi connectivity index (χ2v) is 22.0. The van der Waals surface area contributed by atoms with Gasteiger partial charge in [-0.05, 0) is 89.9 Å². The van der Waals surface area contributed by atoms with Gasteiger partial charge in [0.1, 0.15) is 13.2 Å². The summed E-state index contributed by atoms with van der Waals surface area (Å²) >= 11 is 0. The van der Waals surface area contributed by atoms with E-state index < -0.39 is 6.10 Å². The minimum absolute atomic E-state index is 0.0801. The van der Waals surface area contributed by atoms with Crippen molar-refractivity contribution in [3.63, 3.8) is 0 Å². The number of unbranched alkanes of at least 4 members (excludes halogenated alkanes) is 37. The normalized spacial score (nSPS) is 12.5. The highest BCUT2D eigenvalue weighted by Gasteiger charge is 2.19. The molecule has 0 aliphatic rings. The first kappa shape index (κ1) is 72.8. The molecule has 6 heteroatoms. The van der Waals surface area contributed by atoms with Crippen molar-refractivity contribution in [1.29, 1.82) is 0 Å². The highest BCUT2D eigenvalue weighted by Crippen LogP contribution is 2.17. The van der Waals surface area contributed by atoms with Crippen molar-refractivity contribution in [2.75, 3.05) is 13.2 Å². The van der Waals surface area contributed by atoms with Crippen LogP contribution in [0, 0.1) is 0 Å². The van der Waals surface area contributed by atoms with E-state index >= 15 is 0 Å². The maximum Gasteiger partial charge on any atom is 0.306 e. The third-order valence-corrected chi connectivity index (χ3v) is 14.4. The third-order valence-electron chi connectivity index (χ3n) is 14.4. The Labute approximate surface area is 472 Å². The maximum atomic E-state index is 12.9. The van der Waals surface area contributed by atoms with Gasteiger partial charge in [0.15, 0.2) is 6.10 Å². The molecule has 0 fully saturated rings. The van der Waals surface area contributed by atoms with Crippen LogP contribution >= 0.6 is 0 Å². The predicted octanol–water partition coefficient (Wildman–Crippen LogP) is 22.5. The molecule has 0 saturated carbocycles. The van der Waals surface area contributed by atoms with Crippen molar-refractivity contribution in [3.8, 4) is 0 Å². The number of ether oxygens (including phenoxy) is 3. The topological polar surface area (TPSA) is 78.9 Å². The molecule has 0 N–H and O–H groups in total. The summed E-state index contributed by atoms with van der Waals surface area (Å²) in [4.78, 5) is 38.3. The van der Waals surface area contributed by atoms with Gasteiger partial charge in [-0.1, -0.05) is 299 Å². The van der Waals surface area contributed by atoms with Gasteiger partial charge in [-0.15, -0.1) is 0 Å². The van der Waals surface area contributed by atoms with Gasteiger partial charge < -0.3 is 14.2 Å². The maximum absolute atomic E-state index is 12.9. The summed E-state index contributed by atoms with van der Waals surface area (Å²) in [5, 5.41) is 0. The van der Waals surface area contributed by atoms with Crippen molar-refractivity contribution < 1.29 is 28.6 Å². The van der Waals surface area contributed by atoms with E-state index in [-0.39, 0.29) is 31.1 Å². The molecule has 0 saturated heterocycles. The molecule has 0 amide bonds. The van der Waals surface area contributed by atoms with Crippen LogP contribution in [0.25, 0.3) is 0 Å². The van der Waals surface area contributed by atoms with Gasteiger partial charge in [0.2, 0.25) is 0 Å². The Morgan fingerprint density at radius 1 is 0.276 bits per heavy atom. The van der Waals surface area contributed by atoms with E-state index in [1.165, 1.54) is 186 Å². The molecule has 0 heterocycles. The lowest BCUT2D eigenvalue weighted by Gasteiger charge is -2.18. The second kappa shape index (κ2) is 64.4. The van der Waals surface area contributed by atoms with Crippen LogP contribution in [0.15, 0.2) is 72.9 Å². The zero-order valence-corrected chi connectivity index (χ0v) is 50.5. The van der Waals surface area contributed by atoms with Crippen LogP contribution in [0.5, 0.6) is 0 Å². The van der Waals surface area contributed by atoms with Crippen LogP contribution in [0.2, 0.25) is 0 Å². The summed E-state index contributed by atoms with van der Waals surface area (Å²) in [6.07, 6.45) is 83.4. The Kier molecular flexibility index (Phi) is 61.7. The highest BCUT2D eigenvalue weighted by atomic mass is 16.6. The van der Waals surface area contributed by atoms with E-state index in [9.17, 15) is 14.4 Å². The summed E-state index contributed by atoms with van der Waals surface area (Å²) in [5.41, 5.74) is 0. The van der Waals surface area contributed by atoms with Gasteiger partial charge in [0, 0.05) is 19.3 Å². The molecule has 1 atom stereocenters. The van der Waals surface area contributed by atoms with Crippen LogP contribution in [-0.4, -0.2) is 37.2 Å². The molecule has 76 heavy (non-hydrogen) atoms. The average molecular weight is 1060 g/mol. The first-order valence-corrected chi connectivity index (χ1v) is 32.9. The van der Waals surface area contributed by atoms with E-state index in [1.807, 2.05) is 0 Å². The van der Waals surface area contributed by atoms with E-state index in [4.69, 9.17) is 14.2 Å². The minimum atomic E-state index is -0.785. The number of carbonyl (C=O) groups excluding carboxylic acids is 3. The fourth-order valence-electron chi connectivity index (χ4n) is 9.53. The molecule has 0 aromatic heterocycles. The molecular weight excluding hydrogens is 937 g/mol. The van der Waals surface area contributed by atoms with Gasteiger partial charge in [0.25, 0.3) is 0 Å². The largest absolute Gasteiger partial charge is 0.462 e. The number of esters is 3. The summed E-state index contributed by atoms with van der Waals surface area (Å²) in [6.45, 7) is 6.55. The SMILES string of the molecule is CC/C=C\C/C=C\C/C=C\C/C=C\C/C=C\CCCCCCCC(=O)OC(COC(=O)CCCCCCCCCCCCCC)COC(=O)CCCCCCCCCCCCCCC/C=C\CCCCCCCCCC. The first-order chi connectivity index (χ1) is 37.5. The Bertz CT molecular complexity index is 1400. The third kappa shape index (κ3) is 61.7. The zero-order valence-electron chi connectivity index (χ0n) is 50.5. The number of hydrogen-bond acceptors (Lipinski definition) is 6. The summed E-state index contributed by atoms with van der Waals surface area (Å²) in [7, 11) is 0. The predicted molar refractivity (Wildman–Crippen MR) is 330 cm³/mol. The Morgan fingerprint density at radius 3 is 0.816 bits per heavy atom. The van der Waals surface area contributed by atoms with Crippen molar-refractivity contribution in [3.05, 3.63) is 72.9 Å². The molecule has 0 rings (SSSR count). The summed E-state index contributed by atoms with van der Waals surface area (Å²) < 4.78 is 16.9. The molecule has 0 bridgehead atoms. The van der Waals surface area contributed by atoms with Crippen LogP contribution in [0.3, 0.4) is 0 Å². The molecule has 0 aromatic rings. The van der Waals surface area contributed by atoms with E-state index in [0.29, 0.717) is 19.3 Å². The lowest BCUT2D eigenvalue weighted by molar-refractivity contribution is -0.167. The second-order valence-electron chi connectivity index (χ2n) is 22.0. The fourth-order valence-corrected chi connectivity index (χ4v) is 9.53. The first-order valence-electron chi connectivity index (χ1n) is 32.9. The molecule has 0 radical (unpaired) electrons. The number of carbonyl (C=O) groups is 3. The molecule has 0 aliphatic carbocycles. The smallest absolute Gasteiger partial charge is 0.306 e. The van der Waals surface area contributed by atoms with Gasteiger partial charge >= 0.3 is 17.9 Å². The van der Waals surface area contributed by atoms with Gasteiger partial charge in [-0.3, -0.25) is 14.4 Å². The highest BCUT2D eigenvalue weighted by molar-refractivity contribution is 5.71. The molecule has 1 unspecified atom stereocenters. The molecule has 440 valence electrons. The molecular formula is C70H124O6. The lowest BCUT2D eigenvalue weighted by Crippen LogP contribution is -2.30. The molecule has 6 nitrogen and oxygen atoms in total. The number of rotatable bonds is 60. The number of allylic oxidation sites excluding steroid dienone is 12. The molecule has 0 spiro atoms. The van der Waals surface area contributed by atoms with E-state index in [1.54, 1.807) is 0 Å². The summed E-state index contributed by atoms with van der Waals surface area (Å²) in [6, 6.07) is 0. The van der Waals surface area contributed by atoms with Crippen molar-refractivity contribution in [2.45, 2.75) is 341 Å². The summed E-state index contributed by atoms with van der Waals surface area (Å²) in [5.74, 6) is -0.883. The lowest BCUT2D eigenvalue weighted by atomic mass is 10.0. The van der Waals surface area contributed by atoms with E-state index in [2.05, 4.69) is 93.7 Å². The van der Waals surface area contributed by atoms with Crippen LogP contribution < -0.4 is 0 Å². The van der Waals surface area contributed by atoms with E-state index in [0.717, 1.165) is 109 Å². The molecule has 0 aromatic carbocycles. The zero-order chi connectivity index (χ0) is 55.0. The minimum Gasteiger partial charge on any atom is -0.462 e. The van der Waals surface area contributed by atoms with Gasteiger partial charge in [0.05, 0.1) is 0 Å². The van der Waals surface area contributed by atoms with Gasteiger partial charge in [-0.25, -0.2) is 0 Å². The Balaban J connectivity index is 4.29. The standard InChI is InChI=1S/C70H124O6/c1-4-7-10-13-16-19-22-25-27-29-31-33-34-35-36-38-39-41-43-45-48-51-54-57-60-63-69(72)75-66-67(65-74-68(71)62-59-56-53-50-47-24-21-18-15-12-9-6-3)76-70(73)64-61-58-55-52-49-46-44-42-40-37-32-30-28-26-23-20-17-14-11-8-5-2/h8,11,17,20,26,28-29,31-32,37,42,44,67H,4-7,9-10,12-16,18-19,21-25,27,30,33-36,38-41,43,45-66H2,1-3H3/b11-8-,20-17-,28-26-,31-29-,37-32-,44-42-. The van der Waals surface area contributed by atoms with Crippen LogP contribution in [0.4, 0.5) is 0 Å². The Hall–Kier alpha value is -3.15. The Morgan fingerprint density at radius 2 is 0.513 bits per heavy atom. The number of hydrogen-bond donors (Lipinski definition) is 0. The van der Waals surface area contributed by atoms with Crippen LogP contribution in [-0.2, 0) is 28.6 Å². The van der Waals surface area contributed by atoms with Gasteiger partial charge in [-0.2, -0.15) is 0 Å². The monoisotopic (exact) mass is 1060 g/mol.